The fourth-order valence-corrected chi connectivity index (χ4v) is 5.42. The van der Waals surface area contributed by atoms with Gasteiger partial charge < -0.3 is 9.64 Å². The van der Waals surface area contributed by atoms with E-state index in [0.717, 1.165) is 24.8 Å². The second kappa shape index (κ2) is 8.76. The van der Waals surface area contributed by atoms with Crippen molar-refractivity contribution in [2.45, 2.75) is 43.5 Å². The number of benzene rings is 1. The molecular formula is C19H27N5O4S. The van der Waals surface area contributed by atoms with Gasteiger partial charge in [0.15, 0.2) is 0 Å². The molecule has 10 heteroatoms. The number of rotatable bonds is 6. The van der Waals surface area contributed by atoms with Crippen molar-refractivity contribution in [3.8, 4) is 0 Å². The summed E-state index contributed by atoms with van der Waals surface area (Å²) in [6.07, 6.45) is 3.99. The molecule has 158 valence electrons. The largest absolute Gasteiger partial charge is 0.378 e. The van der Waals surface area contributed by atoms with Gasteiger partial charge in [0.05, 0.1) is 23.6 Å². The maximum absolute atomic E-state index is 12.9. The van der Waals surface area contributed by atoms with Crippen LogP contribution >= 0.6 is 0 Å². The van der Waals surface area contributed by atoms with Gasteiger partial charge in [0, 0.05) is 39.1 Å². The van der Waals surface area contributed by atoms with Crippen LogP contribution in [0.1, 0.15) is 32.1 Å². The molecule has 2 aromatic rings. The highest BCUT2D eigenvalue weighted by Crippen LogP contribution is 2.23. The van der Waals surface area contributed by atoms with E-state index in [2.05, 4.69) is 10.3 Å². The van der Waals surface area contributed by atoms with Gasteiger partial charge in [-0.2, -0.15) is 4.31 Å². The molecule has 0 aliphatic carbocycles. The Bertz CT molecular complexity index is 962. The van der Waals surface area contributed by atoms with Gasteiger partial charge in [0.2, 0.25) is 15.9 Å². The summed E-state index contributed by atoms with van der Waals surface area (Å²) in [5, 5.41) is 8.30. The molecule has 0 unspecified atom stereocenters. The van der Waals surface area contributed by atoms with Crippen molar-refractivity contribution in [3.05, 3.63) is 18.2 Å². The summed E-state index contributed by atoms with van der Waals surface area (Å²) in [4.78, 5) is 14.3. The lowest BCUT2D eigenvalue weighted by molar-refractivity contribution is -0.135. The zero-order valence-electron chi connectivity index (χ0n) is 16.5. The minimum absolute atomic E-state index is 0.132. The number of aryl methyl sites for hydroxylation is 1. The number of aromatic nitrogens is 3. The standard InChI is InChI=1S/C19H27N5O4S/c25-19(22-11-13-28-14-12-22)5-4-10-24-18-7-6-16(15-17(18)20-21-24)29(26,27)23-8-2-1-3-9-23/h6-7,15H,1-5,8-14H2. The predicted octanol–water partition coefficient (Wildman–Crippen LogP) is 1.24. The summed E-state index contributed by atoms with van der Waals surface area (Å²) in [6, 6.07) is 4.99. The minimum atomic E-state index is -3.49. The number of nitrogens with zero attached hydrogens (tertiary/aromatic N) is 5. The van der Waals surface area contributed by atoms with Gasteiger partial charge in [0.25, 0.3) is 0 Å². The molecule has 0 spiro atoms. The number of carbonyl (C=O) groups excluding carboxylic acids is 1. The summed E-state index contributed by atoms with van der Waals surface area (Å²) in [6.45, 7) is 4.21. The molecule has 1 aromatic heterocycles. The first-order valence-corrected chi connectivity index (χ1v) is 11.7. The fourth-order valence-electron chi connectivity index (χ4n) is 3.88. The summed E-state index contributed by atoms with van der Waals surface area (Å²) in [5.41, 5.74) is 1.34. The molecule has 2 aliphatic heterocycles. The molecule has 2 fully saturated rings. The second-order valence-electron chi connectivity index (χ2n) is 7.52. The Labute approximate surface area is 170 Å². The van der Waals surface area contributed by atoms with E-state index in [1.807, 2.05) is 4.90 Å². The first kappa shape index (κ1) is 20.2. The third kappa shape index (κ3) is 4.44. The lowest BCUT2D eigenvalue weighted by Gasteiger charge is -2.26. The highest BCUT2D eigenvalue weighted by molar-refractivity contribution is 7.89. The van der Waals surface area contributed by atoms with Crippen molar-refractivity contribution < 1.29 is 17.9 Å². The van der Waals surface area contributed by atoms with E-state index in [1.165, 1.54) is 0 Å². The lowest BCUT2D eigenvalue weighted by Crippen LogP contribution is -2.40. The highest BCUT2D eigenvalue weighted by Gasteiger charge is 2.26. The summed E-state index contributed by atoms with van der Waals surface area (Å²) in [5.74, 6) is 0.132. The van der Waals surface area contributed by atoms with Crippen LogP contribution in [0.5, 0.6) is 0 Å². The Kier molecular flexibility index (Phi) is 6.12. The van der Waals surface area contributed by atoms with Gasteiger partial charge in [0.1, 0.15) is 5.52 Å². The molecule has 9 nitrogen and oxygen atoms in total. The van der Waals surface area contributed by atoms with Gasteiger partial charge in [-0.1, -0.05) is 11.6 Å². The Morgan fingerprint density at radius 3 is 2.59 bits per heavy atom. The van der Waals surface area contributed by atoms with E-state index in [9.17, 15) is 13.2 Å². The Morgan fingerprint density at radius 1 is 1.07 bits per heavy atom. The van der Waals surface area contributed by atoms with Crippen molar-refractivity contribution in [3.63, 3.8) is 0 Å². The average molecular weight is 422 g/mol. The maximum Gasteiger partial charge on any atom is 0.243 e. The average Bonchev–Trinajstić information content (AvgIpc) is 3.17. The van der Waals surface area contributed by atoms with Gasteiger partial charge in [-0.15, -0.1) is 5.10 Å². The predicted molar refractivity (Wildman–Crippen MR) is 107 cm³/mol. The molecule has 3 heterocycles. The van der Waals surface area contributed by atoms with Crippen LogP contribution in [0.25, 0.3) is 11.0 Å². The topological polar surface area (TPSA) is 97.6 Å². The molecule has 4 rings (SSSR count). The lowest BCUT2D eigenvalue weighted by atomic mass is 10.2. The Hall–Kier alpha value is -2.04. The summed E-state index contributed by atoms with van der Waals surface area (Å²) in [7, 11) is -3.49. The van der Waals surface area contributed by atoms with Crippen molar-refractivity contribution in [1.82, 2.24) is 24.2 Å². The smallest absolute Gasteiger partial charge is 0.243 e. The Balaban J connectivity index is 1.41. The molecular weight excluding hydrogens is 394 g/mol. The van der Waals surface area contributed by atoms with Crippen molar-refractivity contribution in [2.75, 3.05) is 39.4 Å². The van der Waals surface area contributed by atoms with Crippen LogP contribution in [0.15, 0.2) is 23.1 Å². The van der Waals surface area contributed by atoms with Crippen LogP contribution in [-0.2, 0) is 26.1 Å². The maximum atomic E-state index is 12.9. The number of fused-ring (bicyclic) bond motifs is 1. The molecule has 2 aliphatic rings. The molecule has 1 aromatic carbocycles. The minimum Gasteiger partial charge on any atom is -0.378 e. The second-order valence-corrected chi connectivity index (χ2v) is 9.46. The van der Waals surface area contributed by atoms with E-state index in [0.29, 0.717) is 64.3 Å². The van der Waals surface area contributed by atoms with Gasteiger partial charge in [-0.25, -0.2) is 13.1 Å². The SMILES string of the molecule is O=C(CCCn1nnc2cc(S(=O)(=O)N3CCCCC3)ccc21)N1CCOCC1. The molecule has 0 bridgehead atoms. The number of hydrogen-bond donors (Lipinski definition) is 0. The number of morpholine rings is 1. The Morgan fingerprint density at radius 2 is 1.83 bits per heavy atom. The van der Waals surface area contributed by atoms with Crippen LogP contribution in [-0.4, -0.2) is 77.9 Å². The van der Waals surface area contributed by atoms with Crippen LogP contribution in [0.3, 0.4) is 0 Å². The summed E-state index contributed by atoms with van der Waals surface area (Å²) >= 11 is 0. The third-order valence-corrected chi connectivity index (χ3v) is 7.46. The third-order valence-electron chi connectivity index (χ3n) is 5.56. The number of piperidine rings is 1. The number of ether oxygens (including phenoxy) is 1. The number of carbonyl (C=O) groups is 1. The monoisotopic (exact) mass is 421 g/mol. The first-order valence-electron chi connectivity index (χ1n) is 10.2. The molecule has 0 saturated carbocycles. The van der Waals surface area contributed by atoms with Gasteiger partial charge >= 0.3 is 0 Å². The first-order chi connectivity index (χ1) is 14.1. The number of hydrogen-bond acceptors (Lipinski definition) is 6. The van der Waals surface area contributed by atoms with Crippen molar-refractivity contribution >= 4 is 27.0 Å². The van der Waals surface area contributed by atoms with Crippen LogP contribution in [0.4, 0.5) is 0 Å². The van der Waals surface area contributed by atoms with E-state index >= 15 is 0 Å². The van der Waals surface area contributed by atoms with E-state index in [4.69, 9.17) is 4.74 Å². The van der Waals surface area contributed by atoms with Gasteiger partial charge in [-0.3, -0.25) is 4.79 Å². The zero-order valence-corrected chi connectivity index (χ0v) is 17.3. The molecule has 0 radical (unpaired) electrons. The molecule has 1 amide bonds. The van der Waals surface area contributed by atoms with Crippen molar-refractivity contribution in [2.24, 2.45) is 0 Å². The van der Waals surface area contributed by atoms with Crippen LogP contribution in [0.2, 0.25) is 0 Å². The number of amides is 1. The van der Waals surface area contributed by atoms with Crippen LogP contribution in [0, 0.1) is 0 Å². The zero-order chi connectivity index (χ0) is 20.3. The molecule has 0 N–H and O–H groups in total. The normalized spacial score (nSPS) is 19.0. The fraction of sp³-hybridized carbons (Fsp3) is 0.632. The van der Waals surface area contributed by atoms with Crippen molar-refractivity contribution in [1.29, 1.82) is 0 Å². The quantitative estimate of drug-likeness (QED) is 0.696. The van der Waals surface area contributed by atoms with E-state index in [1.54, 1.807) is 27.2 Å². The summed E-state index contributed by atoms with van der Waals surface area (Å²) < 4.78 is 34.3. The van der Waals surface area contributed by atoms with Gasteiger partial charge in [-0.05, 0) is 37.5 Å². The molecule has 0 atom stereocenters. The highest BCUT2D eigenvalue weighted by atomic mass is 32.2. The van der Waals surface area contributed by atoms with Crippen LogP contribution < -0.4 is 0 Å². The van der Waals surface area contributed by atoms with E-state index in [-0.39, 0.29) is 10.8 Å². The molecule has 2 saturated heterocycles. The molecule has 29 heavy (non-hydrogen) atoms. The van der Waals surface area contributed by atoms with E-state index < -0.39 is 10.0 Å². The number of sulfonamides is 1.